The van der Waals surface area contributed by atoms with Crippen molar-refractivity contribution in [2.24, 2.45) is 0 Å². The second-order valence-corrected chi connectivity index (χ2v) is 4.64. The first-order chi connectivity index (χ1) is 8.51. The summed E-state index contributed by atoms with van der Waals surface area (Å²) in [7, 11) is 0. The topological polar surface area (TPSA) is 57.5 Å². The number of ketones is 1. The molecule has 0 aliphatic carbocycles. The Bertz CT molecular complexity index is 615. The first-order valence-electron chi connectivity index (χ1n) is 5.86. The van der Waals surface area contributed by atoms with Crippen molar-refractivity contribution in [3.05, 3.63) is 41.0 Å². The van der Waals surface area contributed by atoms with Gasteiger partial charge in [0, 0.05) is 6.42 Å². The second-order valence-electron chi connectivity index (χ2n) is 4.64. The summed E-state index contributed by atoms with van der Waals surface area (Å²) < 4.78 is 0. The van der Waals surface area contributed by atoms with Crippen LogP contribution in [0.1, 0.15) is 23.6 Å². The number of phenols is 1. The lowest BCUT2D eigenvalue weighted by Crippen LogP contribution is -1.99. The van der Waals surface area contributed by atoms with Crippen molar-refractivity contribution in [2.75, 3.05) is 0 Å². The molecule has 3 nitrogen and oxygen atoms in total. The average molecular weight is 244 g/mol. The highest BCUT2D eigenvalue weighted by atomic mass is 16.3. The van der Waals surface area contributed by atoms with E-state index in [9.17, 15) is 15.0 Å². The minimum atomic E-state index is -0.131. The van der Waals surface area contributed by atoms with E-state index in [0.717, 1.165) is 21.9 Å². The molecule has 0 heterocycles. The van der Waals surface area contributed by atoms with Crippen molar-refractivity contribution in [2.45, 2.75) is 26.9 Å². The van der Waals surface area contributed by atoms with Gasteiger partial charge in [-0.3, -0.25) is 4.79 Å². The molecule has 94 valence electrons. The molecular weight excluding hydrogens is 228 g/mol. The standard InChI is InChI=1S/C15H16O3/c1-9-3-12-5-14(18)6-13(8-16)15(12)7-11(9)4-10(2)17/h3,5-7,16,18H,4,8H2,1-2H3. The number of aliphatic hydroxyl groups is 1. The molecule has 0 fully saturated rings. The van der Waals surface area contributed by atoms with Gasteiger partial charge in [-0.1, -0.05) is 12.1 Å². The van der Waals surface area contributed by atoms with Gasteiger partial charge in [0.1, 0.15) is 11.5 Å². The number of hydrogen-bond acceptors (Lipinski definition) is 3. The number of aryl methyl sites for hydroxylation is 1. The van der Waals surface area contributed by atoms with E-state index in [1.165, 1.54) is 0 Å². The number of benzene rings is 2. The Labute approximate surface area is 106 Å². The van der Waals surface area contributed by atoms with Crippen LogP contribution in [0.4, 0.5) is 0 Å². The summed E-state index contributed by atoms with van der Waals surface area (Å²) in [5.74, 6) is 0.257. The molecule has 0 aromatic heterocycles. The highest BCUT2D eigenvalue weighted by Gasteiger charge is 2.08. The molecule has 0 saturated heterocycles. The lowest BCUT2D eigenvalue weighted by atomic mass is 9.96. The number of fused-ring (bicyclic) bond motifs is 1. The van der Waals surface area contributed by atoms with Crippen LogP contribution in [-0.2, 0) is 17.8 Å². The van der Waals surface area contributed by atoms with Crippen molar-refractivity contribution < 1.29 is 15.0 Å². The summed E-state index contributed by atoms with van der Waals surface area (Å²) in [4.78, 5) is 11.2. The Morgan fingerprint density at radius 2 is 1.89 bits per heavy atom. The van der Waals surface area contributed by atoms with Crippen molar-refractivity contribution in [1.82, 2.24) is 0 Å². The molecule has 3 heteroatoms. The summed E-state index contributed by atoms with van der Waals surface area (Å²) in [6, 6.07) is 7.08. The van der Waals surface area contributed by atoms with E-state index in [4.69, 9.17) is 0 Å². The van der Waals surface area contributed by atoms with Crippen LogP contribution >= 0.6 is 0 Å². The van der Waals surface area contributed by atoms with Crippen LogP contribution in [0.3, 0.4) is 0 Å². The minimum Gasteiger partial charge on any atom is -0.508 e. The van der Waals surface area contributed by atoms with Crippen molar-refractivity contribution in [3.63, 3.8) is 0 Å². The van der Waals surface area contributed by atoms with Gasteiger partial charge in [0.15, 0.2) is 0 Å². The van der Waals surface area contributed by atoms with Gasteiger partial charge in [-0.15, -0.1) is 0 Å². The van der Waals surface area contributed by atoms with E-state index in [2.05, 4.69) is 0 Å². The van der Waals surface area contributed by atoms with Gasteiger partial charge < -0.3 is 10.2 Å². The van der Waals surface area contributed by atoms with Gasteiger partial charge in [0.25, 0.3) is 0 Å². The van der Waals surface area contributed by atoms with Gasteiger partial charge >= 0.3 is 0 Å². The number of Topliss-reactive ketones (excluding diaryl/α,β-unsaturated/α-hetero) is 1. The third-order valence-electron chi connectivity index (χ3n) is 3.09. The van der Waals surface area contributed by atoms with E-state index in [0.29, 0.717) is 12.0 Å². The van der Waals surface area contributed by atoms with E-state index < -0.39 is 0 Å². The summed E-state index contributed by atoms with van der Waals surface area (Å²) in [5.41, 5.74) is 2.66. The van der Waals surface area contributed by atoms with Crippen LogP contribution in [0.2, 0.25) is 0 Å². The first kappa shape index (κ1) is 12.6. The molecule has 0 bridgehead atoms. The van der Waals surface area contributed by atoms with E-state index in [1.807, 2.05) is 19.1 Å². The van der Waals surface area contributed by atoms with Crippen LogP contribution in [0.15, 0.2) is 24.3 Å². The van der Waals surface area contributed by atoms with Gasteiger partial charge in [-0.05, 0) is 53.4 Å². The quantitative estimate of drug-likeness (QED) is 0.872. The monoisotopic (exact) mass is 244 g/mol. The molecule has 2 rings (SSSR count). The maximum Gasteiger partial charge on any atom is 0.134 e. The number of carbonyl (C=O) groups excluding carboxylic acids is 1. The first-order valence-corrected chi connectivity index (χ1v) is 5.86. The minimum absolute atomic E-state index is 0.113. The molecule has 18 heavy (non-hydrogen) atoms. The zero-order valence-electron chi connectivity index (χ0n) is 10.5. The predicted molar refractivity (Wildman–Crippen MR) is 70.7 cm³/mol. The second kappa shape index (κ2) is 4.78. The summed E-state index contributed by atoms with van der Waals surface area (Å²) in [6.07, 6.45) is 0.396. The fourth-order valence-corrected chi connectivity index (χ4v) is 2.22. The van der Waals surface area contributed by atoms with Crippen molar-refractivity contribution in [3.8, 4) is 5.75 Å². The largest absolute Gasteiger partial charge is 0.508 e. The number of hydrogen-bond donors (Lipinski definition) is 2. The van der Waals surface area contributed by atoms with Crippen LogP contribution in [0.5, 0.6) is 5.75 Å². The van der Waals surface area contributed by atoms with Gasteiger partial charge in [0.05, 0.1) is 6.61 Å². The summed E-state index contributed by atoms with van der Waals surface area (Å²) in [6.45, 7) is 3.38. The lowest BCUT2D eigenvalue weighted by molar-refractivity contribution is -0.116. The van der Waals surface area contributed by atoms with Crippen LogP contribution < -0.4 is 0 Å². The highest BCUT2D eigenvalue weighted by Crippen LogP contribution is 2.28. The third-order valence-corrected chi connectivity index (χ3v) is 3.09. The summed E-state index contributed by atoms with van der Waals surface area (Å²) in [5, 5.41) is 20.7. The number of aliphatic hydroxyl groups excluding tert-OH is 1. The molecule has 0 radical (unpaired) electrons. The fourth-order valence-electron chi connectivity index (χ4n) is 2.22. The number of carbonyl (C=O) groups is 1. The normalized spacial score (nSPS) is 10.8. The van der Waals surface area contributed by atoms with E-state index in [1.54, 1.807) is 19.1 Å². The van der Waals surface area contributed by atoms with E-state index >= 15 is 0 Å². The lowest BCUT2D eigenvalue weighted by Gasteiger charge is -2.10. The molecule has 0 unspecified atom stereocenters. The van der Waals surface area contributed by atoms with Gasteiger partial charge in [-0.2, -0.15) is 0 Å². The third kappa shape index (κ3) is 2.36. The Kier molecular flexibility index (Phi) is 3.34. The molecule has 0 atom stereocenters. The molecule has 0 aliphatic heterocycles. The summed E-state index contributed by atoms with van der Waals surface area (Å²) >= 11 is 0. The average Bonchev–Trinajstić information content (AvgIpc) is 2.29. The Morgan fingerprint density at radius 3 is 2.50 bits per heavy atom. The molecule has 2 aromatic rings. The van der Waals surface area contributed by atoms with Crippen LogP contribution in [0.25, 0.3) is 10.8 Å². The Hall–Kier alpha value is -1.87. The highest BCUT2D eigenvalue weighted by molar-refractivity contribution is 5.90. The van der Waals surface area contributed by atoms with E-state index in [-0.39, 0.29) is 18.1 Å². The molecule has 0 saturated carbocycles. The molecular formula is C15H16O3. The predicted octanol–water partition coefficient (Wildman–Crippen LogP) is 2.48. The maximum atomic E-state index is 11.2. The Morgan fingerprint density at radius 1 is 1.17 bits per heavy atom. The van der Waals surface area contributed by atoms with Crippen LogP contribution in [0, 0.1) is 6.92 Å². The number of rotatable bonds is 3. The maximum absolute atomic E-state index is 11.2. The Balaban J connectivity index is 2.68. The smallest absolute Gasteiger partial charge is 0.134 e. The number of aromatic hydroxyl groups is 1. The number of phenolic OH excluding ortho intramolecular Hbond substituents is 1. The molecule has 0 amide bonds. The zero-order valence-corrected chi connectivity index (χ0v) is 10.5. The zero-order chi connectivity index (χ0) is 13.3. The van der Waals surface area contributed by atoms with Crippen molar-refractivity contribution >= 4 is 16.6 Å². The molecule has 2 N–H and O–H groups in total. The molecule has 0 aliphatic rings. The van der Waals surface area contributed by atoms with Gasteiger partial charge in [0.2, 0.25) is 0 Å². The van der Waals surface area contributed by atoms with Crippen molar-refractivity contribution in [1.29, 1.82) is 0 Å². The van der Waals surface area contributed by atoms with Crippen LogP contribution in [-0.4, -0.2) is 16.0 Å². The van der Waals surface area contributed by atoms with Gasteiger partial charge in [-0.25, -0.2) is 0 Å². The molecule has 0 spiro atoms. The SMILES string of the molecule is CC(=O)Cc1cc2c(CO)cc(O)cc2cc1C. The molecule has 2 aromatic carbocycles. The fraction of sp³-hybridized carbons (Fsp3) is 0.267.